The van der Waals surface area contributed by atoms with Crippen LogP contribution in [-0.4, -0.2) is 38.1 Å². The molecule has 1 unspecified atom stereocenters. The fraction of sp³-hybridized carbons (Fsp3) is 0.625. The maximum Gasteiger partial charge on any atom is 0.350 e. The van der Waals surface area contributed by atoms with E-state index >= 15 is 0 Å². The van der Waals surface area contributed by atoms with Crippen LogP contribution in [0.1, 0.15) is 74.9 Å². The number of anilines is 1. The summed E-state index contributed by atoms with van der Waals surface area (Å²) in [5, 5.41) is 0. The number of hydrogen-bond acceptors (Lipinski definition) is 6. The van der Waals surface area contributed by atoms with Gasteiger partial charge in [0, 0.05) is 11.3 Å². The van der Waals surface area contributed by atoms with Gasteiger partial charge >= 0.3 is 11.9 Å². The second kappa shape index (κ2) is 10.3. The molecule has 1 aromatic heterocycles. The first-order valence-electron chi connectivity index (χ1n) is 10.6. The summed E-state index contributed by atoms with van der Waals surface area (Å²) in [5.74, 6) is 5.37. The summed E-state index contributed by atoms with van der Waals surface area (Å²) < 4.78 is 9.88. The Hall–Kier alpha value is -2.33. The Balaban J connectivity index is 2.56. The summed E-state index contributed by atoms with van der Waals surface area (Å²) in [5.41, 5.74) is 0.139. The lowest BCUT2D eigenvalue weighted by atomic mass is 9.82. The predicted octanol–water partition coefficient (Wildman–Crippen LogP) is 4.65. The molecular weight excluding hydrogens is 414 g/mol. The van der Waals surface area contributed by atoms with Crippen molar-refractivity contribution >= 4 is 34.9 Å². The van der Waals surface area contributed by atoms with Crippen LogP contribution in [0, 0.1) is 29.1 Å². The minimum absolute atomic E-state index is 0.164. The third-order valence-electron chi connectivity index (χ3n) is 5.44. The van der Waals surface area contributed by atoms with E-state index in [1.165, 1.54) is 30.5 Å². The van der Waals surface area contributed by atoms with E-state index in [-0.39, 0.29) is 22.1 Å². The van der Waals surface area contributed by atoms with Crippen LogP contribution in [0.3, 0.4) is 0 Å². The van der Waals surface area contributed by atoms with Crippen molar-refractivity contribution in [2.24, 2.45) is 17.3 Å². The molecule has 0 bridgehead atoms. The first-order valence-corrected chi connectivity index (χ1v) is 11.5. The van der Waals surface area contributed by atoms with Crippen molar-refractivity contribution < 1.29 is 23.9 Å². The molecule has 7 heteroatoms. The largest absolute Gasteiger partial charge is 0.467 e. The molecular formula is C24H33NO5S. The van der Waals surface area contributed by atoms with Gasteiger partial charge in [-0.2, -0.15) is 0 Å². The van der Waals surface area contributed by atoms with Crippen molar-refractivity contribution in [2.45, 2.75) is 66.3 Å². The number of nitrogens with zero attached hydrogens (tertiary/aromatic N) is 1. The number of carbonyl (C=O) groups is 3. The topological polar surface area (TPSA) is 72.9 Å². The number of esters is 2. The van der Waals surface area contributed by atoms with Crippen LogP contribution in [0.2, 0.25) is 0 Å². The Labute approximate surface area is 189 Å². The molecule has 31 heavy (non-hydrogen) atoms. The average Bonchev–Trinajstić information content (AvgIpc) is 3.15. The normalized spacial score (nSPS) is 19.6. The van der Waals surface area contributed by atoms with Crippen molar-refractivity contribution in [2.75, 3.05) is 19.1 Å². The summed E-state index contributed by atoms with van der Waals surface area (Å²) >= 11 is 1.17. The molecule has 2 rings (SSSR count). The van der Waals surface area contributed by atoms with E-state index in [9.17, 15) is 14.4 Å². The van der Waals surface area contributed by atoms with Crippen LogP contribution in [0.4, 0.5) is 5.69 Å². The van der Waals surface area contributed by atoms with Crippen molar-refractivity contribution in [1.82, 2.24) is 0 Å². The van der Waals surface area contributed by atoms with Gasteiger partial charge in [0.2, 0.25) is 5.91 Å². The van der Waals surface area contributed by atoms with Gasteiger partial charge in [0.25, 0.3) is 0 Å². The fourth-order valence-electron chi connectivity index (χ4n) is 3.61. The van der Waals surface area contributed by atoms with Gasteiger partial charge in [-0.3, -0.25) is 9.69 Å². The highest BCUT2D eigenvalue weighted by atomic mass is 32.1. The molecule has 1 aromatic rings. The number of carbonyl (C=O) groups excluding carboxylic acids is 3. The number of hydrogen-bond donors (Lipinski definition) is 0. The van der Waals surface area contributed by atoms with Gasteiger partial charge in [0.1, 0.15) is 10.9 Å². The minimum atomic E-state index is -0.877. The molecule has 0 aliphatic heterocycles. The summed E-state index contributed by atoms with van der Waals surface area (Å²) in [6, 6.07) is 0.830. The molecule has 1 aliphatic carbocycles. The minimum Gasteiger partial charge on any atom is -0.467 e. The smallest absolute Gasteiger partial charge is 0.350 e. The Morgan fingerprint density at radius 1 is 1.13 bits per heavy atom. The molecule has 1 heterocycles. The lowest BCUT2D eigenvalue weighted by molar-refractivity contribution is -0.143. The van der Waals surface area contributed by atoms with Crippen LogP contribution >= 0.6 is 11.3 Å². The highest BCUT2D eigenvalue weighted by Gasteiger charge is 2.37. The SMILES string of the molecule is COC(=O)c1sc(C#CC(C)(C)C)cc1N(C(=O)C1CCC(C)CC1)C(C)C(=O)OC. The van der Waals surface area contributed by atoms with E-state index in [1.54, 1.807) is 13.0 Å². The van der Waals surface area contributed by atoms with Crippen LogP contribution in [-0.2, 0) is 19.1 Å². The second-order valence-electron chi connectivity index (χ2n) is 9.18. The number of rotatable bonds is 5. The summed E-state index contributed by atoms with van der Waals surface area (Å²) in [7, 11) is 2.59. The summed E-state index contributed by atoms with van der Waals surface area (Å²) in [6.07, 6.45) is 3.46. The van der Waals surface area contributed by atoms with E-state index in [0.717, 1.165) is 25.7 Å². The lowest BCUT2D eigenvalue weighted by Crippen LogP contribution is -2.47. The number of amides is 1. The second-order valence-corrected chi connectivity index (χ2v) is 10.2. The van der Waals surface area contributed by atoms with Crippen molar-refractivity contribution in [3.05, 3.63) is 15.8 Å². The van der Waals surface area contributed by atoms with Gasteiger partial charge in [-0.25, -0.2) is 9.59 Å². The van der Waals surface area contributed by atoms with Gasteiger partial charge in [-0.15, -0.1) is 11.3 Å². The van der Waals surface area contributed by atoms with Crippen LogP contribution in [0.25, 0.3) is 0 Å². The van der Waals surface area contributed by atoms with Gasteiger partial charge in [0.15, 0.2) is 0 Å². The Morgan fingerprint density at radius 2 is 1.74 bits per heavy atom. The molecule has 0 aromatic carbocycles. The van der Waals surface area contributed by atoms with Gasteiger partial charge in [0.05, 0.1) is 24.8 Å². The molecule has 0 spiro atoms. The Bertz CT molecular complexity index is 878. The van der Waals surface area contributed by atoms with Gasteiger partial charge < -0.3 is 9.47 Å². The molecule has 0 N–H and O–H groups in total. The van der Waals surface area contributed by atoms with Crippen LogP contribution in [0.5, 0.6) is 0 Å². The first kappa shape index (κ1) is 24.9. The monoisotopic (exact) mass is 447 g/mol. The predicted molar refractivity (Wildman–Crippen MR) is 122 cm³/mol. The number of ether oxygens (including phenoxy) is 2. The zero-order chi connectivity index (χ0) is 23.3. The van der Waals surface area contributed by atoms with E-state index in [2.05, 4.69) is 18.8 Å². The molecule has 6 nitrogen and oxygen atoms in total. The first-order chi connectivity index (χ1) is 14.5. The molecule has 0 radical (unpaired) electrons. The summed E-state index contributed by atoms with van der Waals surface area (Å²) in [6.45, 7) is 9.79. The maximum atomic E-state index is 13.6. The zero-order valence-electron chi connectivity index (χ0n) is 19.5. The average molecular weight is 448 g/mol. The van der Waals surface area contributed by atoms with E-state index in [0.29, 0.717) is 16.5 Å². The third kappa shape index (κ3) is 6.33. The molecule has 1 atom stereocenters. The number of thiophene rings is 1. The summed E-state index contributed by atoms with van der Waals surface area (Å²) in [4.78, 5) is 40.9. The van der Waals surface area contributed by atoms with Crippen molar-refractivity contribution in [1.29, 1.82) is 0 Å². The maximum absolute atomic E-state index is 13.6. The highest BCUT2D eigenvalue weighted by Crippen LogP contribution is 2.36. The van der Waals surface area contributed by atoms with Crippen LogP contribution < -0.4 is 4.90 Å². The Kier molecular flexibility index (Phi) is 8.30. The standard InChI is InChI=1S/C24H33NO5S/c1-15-8-10-17(11-9-15)21(26)25(16(2)22(27)29-6)19-14-18(12-13-24(3,4)5)31-20(19)23(28)30-7/h14-17H,8-11H2,1-7H3. The van der Waals surface area contributed by atoms with Gasteiger partial charge in [-0.05, 0) is 65.4 Å². The van der Waals surface area contributed by atoms with Crippen LogP contribution in [0.15, 0.2) is 6.07 Å². The fourth-order valence-corrected chi connectivity index (χ4v) is 4.53. The quantitative estimate of drug-likeness (QED) is 0.485. The molecule has 170 valence electrons. The van der Waals surface area contributed by atoms with E-state index in [1.807, 2.05) is 20.8 Å². The highest BCUT2D eigenvalue weighted by molar-refractivity contribution is 7.15. The zero-order valence-corrected chi connectivity index (χ0v) is 20.4. The lowest BCUT2D eigenvalue weighted by Gasteiger charge is -2.33. The number of methoxy groups -OCH3 is 2. The molecule has 1 aliphatic rings. The molecule has 1 amide bonds. The molecule has 1 fully saturated rings. The van der Waals surface area contributed by atoms with E-state index in [4.69, 9.17) is 9.47 Å². The van der Waals surface area contributed by atoms with E-state index < -0.39 is 18.0 Å². The molecule has 0 saturated heterocycles. The van der Waals surface area contributed by atoms with Crippen molar-refractivity contribution in [3.63, 3.8) is 0 Å². The molecule has 1 saturated carbocycles. The van der Waals surface area contributed by atoms with Gasteiger partial charge in [-0.1, -0.05) is 18.8 Å². The van der Waals surface area contributed by atoms with Crippen molar-refractivity contribution in [3.8, 4) is 11.8 Å². The Morgan fingerprint density at radius 3 is 2.26 bits per heavy atom. The third-order valence-corrected chi connectivity index (χ3v) is 6.46.